The smallest absolute Gasteiger partial charge is 0.326 e. The maximum absolute atomic E-state index is 12.4. The molecule has 0 spiro atoms. The van der Waals surface area contributed by atoms with Gasteiger partial charge in [0.2, 0.25) is 17.6 Å². The van der Waals surface area contributed by atoms with Crippen LogP contribution in [0.2, 0.25) is 0 Å². The second-order valence-electron chi connectivity index (χ2n) is 7.43. The van der Waals surface area contributed by atoms with Crippen LogP contribution < -0.4 is 10.6 Å². The Morgan fingerprint density at radius 1 is 0.964 bits per heavy atom. The van der Waals surface area contributed by atoms with Gasteiger partial charge in [0, 0.05) is 23.6 Å². The summed E-state index contributed by atoms with van der Waals surface area (Å²) in [7, 11) is 0. The first-order valence-electron chi connectivity index (χ1n) is 9.51. The van der Waals surface area contributed by atoms with Gasteiger partial charge in [-0.1, -0.05) is 27.7 Å². The number of amides is 2. The van der Waals surface area contributed by atoms with Crippen LogP contribution >= 0.6 is 0 Å². The summed E-state index contributed by atoms with van der Waals surface area (Å²) in [5.41, 5.74) is 0.952. The fourth-order valence-corrected chi connectivity index (χ4v) is 2.21. The van der Waals surface area contributed by atoms with E-state index in [1.807, 2.05) is 13.8 Å². The molecule has 0 aromatic heterocycles. The number of anilines is 1. The van der Waals surface area contributed by atoms with Crippen molar-refractivity contribution in [2.45, 2.75) is 53.6 Å². The van der Waals surface area contributed by atoms with E-state index in [-0.39, 0.29) is 30.1 Å². The molecule has 28 heavy (non-hydrogen) atoms. The Bertz CT molecular complexity index is 695. The normalized spacial score (nSPS) is 11.8. The fourth-order valence-electron chi connectivity index (χ4n) is 2.21. The molecule has 1 atom stereocenters. The molecule has 1 rings (SSSR count). The number of hydrogen-bond donors (Lipinski definition) is 2. The molecule has 0 saturated carbocycles. The molecule has 1 unspecified atom stereocenters. The molecular weight excluding hydrogens is 360 g/mol. The third-order valence-corrected chi connectivity index (χ3v) is 4.02. The van der Waals surface area contributed by atoms with E-state index in [0.29, 0.717) is 23.6 Å². The van der Waals surface area contributed by atoms with Crippen LogP contribution in [0.3, 0.4) is 0 Å². The van der Waals surface area contributed by atoms with Crippen LogP contribution in [0.5, 0.6) is 0 Å². The van der Waals surface area contributed by atoms with Crippen LogP contribution in [0, 0.1) is 11.8 Å². The number of carbonyl (C=O) groups is 4. The number of esters is 1. The van der Waals surface area contributed by atoms with Crippen molar-refractivity contribution in [1.29, 1.82) is 0 Å². The van der Waals surface area contributed by atoms with Crippen LogP contribution in [0.4, 0.5) is 5.69 Å². The Morgan fingerprint density at radius 2 is 1.57 bits per heavy atom. The lowest BCUT2D eigenvalue weighted by atomic mass is 10.1. The molecule has 0 fully saturated rings. The van der Waals surface area contributed by atoms with Gasteiger partial charge in [-0.25, -0.2) is 0 Å². The Kier molecular flexibility index (Phi) is 9.35. The highest BCUT2D eigenvalue weighted by Gasteiger charge is 2.20. The topological polar surface area (TPSA) is 102 Å². The van der Waals surface area contributed by atoms with Crippen LogP contribution in [0.25, 0.3) is 0 Å². The third-order valence-electron chi connectivity index (χ3n) is 4.02. The molecule has 154 valence electrons. The number of Topliss-reactive ketones (excluding diaryl/α,β-unsaturated/α-hetero) is 1. The molecule has 0 saturated heterocycles. The molecule has 0 bridgehead atoms. The number of nitrogens with one attached hydrogen (secondary N) is 2. The van der Waals surface area contributed by atoms with Crippen LogP contribution in [-0.4, -0.2) is 36.2 Å². The zero-order chi connectivity index (χ0) is 21.3. The number of benzene rings is 1. The van der Waals surface area contributed by atoms with Crippen molar-refractivity contribution in [1.82, 2.24) is 5.32 Å². The van der Waals surface area contributed by atoms with Gasteiger partial charge in [0.05, 0.1) is 0 Å². The average molecular weight is 390 g/mol. The van der Waals surface area contributed by atoms with Crippen molar-refractivity contribution in [2.75, 3.05) is 11.9 Å². The van der Waals surface area contributed by atoms with Gasteiger partial charge in [0.15, 0.2) is 6.10 Å². The lowest BCUT2D eigenvalue weighted by Gasteiger charge is -2.13. The molecule has 1 aromatic rings. The lowest BCUT2D eigenvalue weighted by Crippen LogP contribution is -2.34. The van der Waals surface area contributed by atoms with Crippen molar-refractivity contribution < 1.29 is 23.9 Å². The molecule has 2 N–H and O–H groups in total. The molecular formula is C21H30N2O5. The first kappa shape index (κ1) is 23.3. The van der Waals surface area contributed by atoms with Gasteiger partial charge in [-0.2, -0.15) is 0 Å². The summed E-state index contributed by atoms with van der Waals surface area (Å²) in [6.07, 6.45) is 0.110. The van der Waals surface area contributed by atoms with E-state index < -0.39 is 12.1 Å². The molecule has 0 aliphatic rings. The first-order valence-corrected chi connectivity index (χ1v) is 9.51. The maximum atomic E-state index is 12.4. The first-order chi connectivity index (χ1) is 13.1. The highest BCUT2D eigenvalue weighted by molar-refractivity contribution is 6.01. The predicted molar refractivity (Wildman–Crippen MR) is 107 cm³/mol. The number of ketones is 1. The van der Waals surface area contributed by atoms with Gasteiger partial charge in [-0.15, -0.1) is 0 Å². The zero-order valence-electron chi connectivity index (χ0n) is 17.2. The number of hydrogen-bond acceptors (Lipinski definition) is 5. The van der Waals surface area contributed by atoms with Crippen molar-refractivity contribution >= 4 is 29.3 Å². The van der Waals surface area contributed by atoms with E-state index in [1.165, 1.54) is 6.92 Å². The summed E-state index contributed by atoms with van der Waals surface area (Å²) in [4.78, 5) is 47.5. The van der Waals surface area contributed by atoms with Crippen molar-refractivity contribution in [3.05, 3.63) is 29.8 Å². The molecule has 0 radical (unpaired) electrons. The van der Waals surface area contributed by atoms with Crippen LogP contribution in [0.1, 0.15) is 57.8 Å². The van der Waals surface area contributed by atoms with Crippen molar-refractivity contribution in [3.63, 3.8) is 0 Å². The summed E-state index contributed by atoms with van der Waals surface area (Å²) in [6.45, 7) is 8.81. The molecule has 0 heterocycles. The predicted octanol–water partition coefficient (Wildman–Crippen LogP) is 2.95. The third kappa shape index (κ3) is 8.33. The summed E-state index contributed by atoms with van der Waals surface area (Å²) in [5.74, 6) is -1.10. The summed E-state index contributed by atoms with van der Waals surface area (Å²) >= 11 is 0. The molecule has 1 aromatic carbocycles. The zero-order valence-corrected chi connectivity index (χ0v) is 17.2. The standard InChI is InChI=1S/C21H30N2O5/c1-13(2)6-11-18(24)22-12-19(25)28-15(5)20(26)16-7-9-17(10-8-16)23-21(27)14(3)4/h7-10,13-15H,6,11-12H2,1-5H3,(H,22,24)(H,23,27). The number of carbonyl (C=O) groups excluding carboxylic acids is 4. The average Bonchev–Trinajstić information content (AvgIpc) is 2.64. The van der Waals surface area contributed by atoms with E-state index in [4.69, 9.17) is 4.74 Å². The van der Waals surface area contributed by atoms with Crippen molar-refractivity contribution in [3.8, 4) is 0 Å². The maximum Gasteiger partial charge on any atom is 0.326 e. The van der Waals surface area contributed by atoms with E-state index in [1.54, 1.807) is 38.1 Å². The van der Waals surface area contributed by atoms with Gasteiger partial charge >= 0.3 is 5.97 Å². The quantitative estimate of drug-likeness (QED) is 0.472. The molecule has 7 heteroatoms. The minimum Gasteiger partial charge on any atom is -0.453 e. The van der Waals surface area contributed by atoms with Gasteiger partial charge in [0.1, 0.15) is 6.54 Å². The summed E-state index contributed by atoms with van der Waals surface area (Å²) < 4.78 is 5.10. The largest absolute Gasteiger partial charge is 0.453 e. The van der Waals surface area contributed by atoms with E-state index >= 15 is 0 Å². The Balaban J connectivity index is 2.50. The molecule has 2 amide bonds. The Morgan fingerprint density at radius 3 is 2.11 bits per heavy atom. The SMILES string of the molecule is CC(C)CCC(=O)NCC(=O)OC(C)C(=O)c1ccc(NC(=O)C(C)C)cc1. The minimum absolute atomic E-state index is 0.114. The van der Waals surface area contributed by atoms with Gasteiger partial charge in [-0.05, 0) is 43.5 Å². The Labute approximate surface area is 166 Å². The van der Waals surface area contributed by atoms with Crippen LogP contribution in [0.15, 0.2) is 24.3 Å². The highest BCUT2D eigenvalue weighted by Crippen LogP contribution is 2.13. The Hall–Kier alpha value is -2.70. The van der Waals surface area contributed by atoms with Gasteiger partial charge in [-0.3, -0.25) is 19.2 Å². The van der Waals surface area contributed by atoms with Crippen LogP contribution in [-0.2, 0) is 19.1 Å². The second kappa shape index (κ2) is 11.2. The number of rotatable bonds is 10. The van der Waals surface area contributed by atoms with Gasteiger partial charge < -0.3 is 15.4 Å². The second-order valence-corrected chi connectivity index (χ2v) is 7.43. The molecule has 7 nitrogen and oxygen atoms in total. The lowest BCUT2D eigenvalue weighted by molar-refractivity contribution is -0.146. The van der Waals surface area contributed by atoms with E-state index in [0.717, 1.165) is 6.42 Å². The summed E-state index contributed by atoms with van der Waals surface area (Å²) in [5, 5.41) is 5.23. The number of ether oxygens (including phenoxy) is 1. The minimum atomic E-state index is -0.976. The monoisotopic (exact) mass is 390 g/mol. The van der Waals surface area contributed by atoms with Gasteiger partial charge in [0.25, 0.3) is 0 Å². The van der Waals surface area contributed by atoms with E-state index in [9.17, 15) is 19.2 Å². The van der Waals surface area contributed by atoms with Crippen molar-refractivity contribution in [2.24, 2.45) is 11.8 Å². The highest BCUT2D eigenvalue weighted by atomic mass is 16.5. The van der Waals surface area contributed by atoms with E-state index in [2.05, 4.69) is 10.6 Å². The molecule has 0 aliphatic heterocycles. The molecule has 0 aliphatic carbocycles. The summed E-state index contributed by atoms with van der Waals surface area (Å²) in [6, 6.07) is 6.38. The fraction of sp³-hybridized carbons (Fsp3) is 0.524.